The van der Waals surface area contributed by atoms with Crippen molar-refractivity contribution < 1.29 is 28.5 Å². The fourth-order valence-electron chi connectivity index (χ4n) is 4.09. The molecule has 0 unspecified atom stereocenters. The van der Waals surface area contributed by atoms with Gasteiger partial charge in [0.2, 0.25) is 0 Å². The number of unbranched alkanes of at least 4 members (excludes halogenated alkanes) is 2. The lowest BCUT2D eigenvalue weighted by molar-refractivity contribution is -0.00178. The van der Waals surface area contributed by atoms with Crippen LogP contribution in [0.1, 0.15) is 43.2 Å². The normalized spacial score (nSPS) is 12.4. The molecule has 0 bridgehead atoms. The number of carbonyl (C=O) groups is 1. The van der Waals surface area contributed by atoms with Gasteiger partial charge in [-0.3, -0.25) is 0 Å². The van der Waals surface area contributed by atoms with E-state index in [4.69, 9.17) is 23.7 Å². The molecule has 0 atom stereocenters. The summed E-state index contributed by atoms with van der Waals surface area (Å²) < 4.78 is 27.4. The second-order valence-corrected chi connectivity index (χ2v) is 8.41. The van der Waals surface area contributed by atoms with Crippen LogP contribution in [0, 0.1) is 0 Å². The fraction of sp³-hybridized carbons (Fsp3) is 0.536. The van der Waals surface area contributed by atoms with Crippen molar-refractivity contribution >= 4 is 6.09 Å². The van der Waals surface area contributed by atoms with Crippen LogP contribution in [0.2, 0.25) is 0 Å². The number of alkyl carbamates (subject to hydrolysis) is 1. The van der Waals surface area contributed by atoms with Crippen molar-refractivity contribution in [2.24, 2.45) is 0 Å². The highest BCUT2D eigenvalue weighted by molar-refractivity contribution is 5.79. The van der Waals surface area contributed by atoms with Crippen molar-refractivity contribution in [3.05, 3.63) is 59.7 Å². The predicted molar refractivity (Wildman–Crippen MR) is 136 cm³/mol. The molecule has 0 radical (unpaired) electrons. The van der Waals surface area contributed by atoms with Gasteiger partial charge in [-0.25, -0.2) is 4.79 Å². The summed E-state index contributed by atoms with van der Waals surface area (Å²) in [7, 11) is 0. The van der Waals surface area contributed by atoms with Gasteiger partial charge >= 0.3 is 6.09 Å². The minimum Gasteiger partial charge on any atom is -0.449 e. The molecular formula is C28H39NO6. The Morgan fingerprint density at radius 2 is 1.23 bits per heavy atom. The molecule has 0 heterocycles. The highest BCUT2D eigenvalue weighted by Gasteiger charge is 2.28. The van der Waals surface area contributed by atoms with E-state index in [1.807, 2.05) is 24.3 Å². The molecule has 2 aromatic carbocycles. The molecule has 1 amide bonds. The summed E-state index contributed by atoms with van der Waals surface area (Å²) in [5.41, 5.74) is 4.83. The van der Waals surface area contributed by atoms with E-state index in [-0.39, 0.29) is 5.92 Å². The number of ether oxygens (including phenoxy) is 5. The minimum absolute atomic E-state index is 0.0591. The second-order valence-electron chi connectivity index (χ2n) is 8.41. The molecule has 0 aliphatic heterocycles. The van der Waals surface area contributed by atoms with E-state index in [1.165, 1.54) is 35.1 Å². The number of rotatable bonds is 18. The summed E-state index contributed by atoms with van der Waals surface area (Å²) >= 11 is 0. The summed E-state index contributed by atoms with van der Waals surface area (Å²) in [6.45, 7) is 7.32. The molecule has 0 saturated heterocycles. The Morgan fingerprint density at radius 1 is 0.714 bits per heavy atom. The third-order valence-corrected chi connectivity index (χ3v) is 5.87. The van der Waals surface area contributed by atoms with Gasteiger partial charge in [0.25, 0.3) is 0 Å². The minimum atomic E-state index is -0.432. The van der Waals surface area contributed by atoms with Crippen LogP contribution >= 0.6 is 0 Å². The Labute approximate surface area is 209 Å². The van der Waals surface area contributed by atoms with Gasteiger partial charge in [0, 0.05) is 19.1 Å². The molecule has 3 rings (SSSR count). The first-order valence-electron chi connectivity index (χ1n) is 12.7. The fourth-order valence-corrected chi connectivity index (χ4v) is 4.09. The van der Waals surface area contributed by atoms with Gasteiger partial charge in [0.15, 0.2) is 0 Å². The summed E-state index contributed by atoms with van der Waals surface area (Å²) in [5, 5.41) is 2.74. The van der Waals surface area contributed by atoms with Crippen LogP contribution in [0.15, 0.2) is 48.5 Å². The quantitative estimate of drug-likeness (QED) is 0.306. The lowest BCUT2D eigenvalue weighted by Gasteiger charge is -2.14. The van der Waals surface area contributed by atoms with Gasteiger partial charge in [0.05, 0.1) is 46.2 Å². The van der Waals surface area contributed by atoms with Gasteiger partial charge in [-0.15, -0.1) is 0 Å². The first kappa shape index (κ1) is 27.1. The SMILES string of the molecule is CCCCCOCCOCCOCCOCCNC(=O)OCC1c2ccccc2-c2ccccc21. The van der Waals surface area contributed by atoms with Crippen molar-refractivity contribution in [1.82, 2.24) is 5.32 Å². The molecule has 7 nitrogen and oxygen atoms in total. The van der Waals surface area contributed by atoms with Crippen LogP contribution in [-0.4, -0.2) is 72.1 Å². The van der Waals surface area contributed by atoms with Crippen molar-refractivity contribution in [3.8, 4) is 11.1 Å². The maximum Gasteiger partial charge on any atom is 0.407 e. The van der Waals surface area contributed by atoms with E-state index in [0.717, 1.165) is 13.0 Å². The van der Waals surface area contributed by atoms with E-state index in [0.29, 0.717) is 59.4 Å². The van der Waals surface area contributed by atoms with Gasteiger partial charge in [-0.2, -0.15) is 0 Å². The second kappa shape index (κ2) is 16.3. The zero-order valence-corrected chi connectivity index (χ0v) is 20.8. The monoisotopic (exact) mass is 485 g/mol. The highest BCUT2D eigenvalue weighted by atomic mass is 16.6. The number of hydrogen-bond donors (Lipinski definition) is 1. The van der Waals surface area contributed by atoms with Gasteiger partial charge < -0.3 is 29.0 Å². The van der Waals surface area contributed by atoms with E-state index >= 15 is 0 Å². The highest BCUT2D eigenvalue weighted by Crippen LogP contribution is 2.44. The summed E-state index contributed by atoms with van der Waals surface area (Å²) in [6, 6.07) is 16.6. The molecule has 7 heteroatoms. The van der Waals surface area contributed by atoms with Gasteiger partial charge in [-0.05, 0) is 28.7 Å². The first-order chi connectivity index (χ1) is 17.3. The largest absolute Gasteiger partial charge is 0.449 e. The standard InChI is InChI=1S/C28H39NO6/c1-2-3-8-14-31-16-18-33-20-21-34-19-17-32-15-13-29-28(30)35-22-27-25-11-6-4-9-23(25)24-10-5-7-12-26(24)27/h4-7,9-12,27H,2-3,8,13-22H2,1H3,(H,29,30). The predicted octanol–water partition coefficient (Wildman–Crippen LogP) is 4.78. The molecule has 1 aliphatic carbocycles. The first-order valence-corrected chi connectivity index (χ1v) is 12.7. The molecule has 0 saturated carbocycles. The van der Waals surface area contributed by atoms with Crippen LogP contribution in [0.5, 0.6) is 0 Å². The van der Waals surface area contributed by atoms with Crippen molar-refractivity contribution in [1.29, 1.82) is 0 Å². The molecular weight excluding hydrogens is 446 g/mol. The summed E-state index contributed by atoms with van der Waals surface area (Å²) in [6.07, 6.45) is 3.09. The third-order valence-electron chi connectivity index (χ3n) is 5.87. The Kier molecular flexibility index (Phi) is 12.6. The smallest absolute Gasteiger partial charge is 0.407 e. The molecule has 0 aromatic heterocycles. The van der Waals surface area contributed by atoms with E-state index in [2.05, 4.69) is 36.5 Å². The average Bonchev–Trinajstić information content (AvgIpc) is 3.21. The topological polar surface area (TPSA) is 75.3 Å². The molecule has 1 aliphatic rings. The Bertz CT molecular complexity index is 829. The van der Waals surface area contributed by atoms with E-state index < -0.39 is 6.09 Å². The number of fused-ring (bicyclic) bond motifs is 3. The zero-order valence-electron chi connectivity index (χ0n) is 20.8. The molecule has 0 fully saturated rings. The summed E-state index contributed by atoms with van der Waals surface area (Å²) in [4.78, 5) is 12.1. The number of benzene rings is 2. The molecule has 2 aromatic rings. The van der Waals surface area contributed by atoms with Crippen LogP contribution in [0.3, 0.4) is 0 Å². The molecule has 35 heavy (non-hydrogen) atoms. The zero-order chi connectivity index (χ0) is 24.6. The number of hydrogen-bond acceptors (Lipinski definition) is 6. The number of carbonyl (C=O) groups excluding carboxylic acids is 1. The van der Waals surface area contributed by atoms with Crippen molar-refractivity contribution in [2.45, 2.75) is 32.1 Å². The van der Waals surface area contributed by atoms with E-state index in [1.54, 1.807) is 0 Å². The molecule has 0 spiro atoms. The van der Waals surface area contributed by atoms with E-state index in [9.17, 15) is 4.79 Å². The average molecular weight is 486 g/mol. The lowest BCUT2D eigenvalue weighted by atomic mass is 9.98. The van der Waals surface area contributed by atoms with Crippen LogP contribution in [0.4, 0.5) is 4.79 Å². The van der Waals surface area contributed by atoms with Gasteiger partial charge in [-0.1, -0.05) is 68.3 Å². The Balaban J connectivity index is 1.16. The van der Waals surface area contributed by atoms with Crippen molar-refractivity contribution in [2.75, 3.05) is 66.0 Å². The number of amides is 1. The Hall–Kier alpha value is -2.45. The lowest BCUT2D eigenvalue weighted by Crippen LogP contribution is -2.29. The van der Waals surface area contributed by atoms with Crippen LogP contribution < -0.4 is 5.32 Å². The third kappa shape index (κ3) is 9.26. The summed E-state index contributed by atoms with van der Waals surface area (Å²) in [5.74, 6) is 0.0591. The maximum absolute atomic E-state index is 12.1. The molecule has 192 valence electrons. The number of nitrogens with one attached hydrogen (secondary N) is 1. The molecule has 1 N–H and O–H groups in total. The Morgan fingerprint density at radius 3 is 1.80 bits per heavy atom. The van der Waals surface area contributed by atoms with Gasteiger partial charge in [0.1, 0.15) is 6.61 Å². The maximum atomic E-state index is 12.1. The van der Waals surface area contributed by atoms with Crippen LogP contribution in [0.25, 0.3) is 11.1 Å². The van der Waals surface area contributed by atoms with Crippen LogP contribution in [-0.2, 0) is 23.7 Å². The van der Waals surface area contributed by atoms with Crippen molar-refractivity contribution in [3.63, 3.8) is 0 Å².